The van der Waals surface area contributed by atoms with E-state index in [2.05, 4.69) is 4.90 Å². The lowest BCUT2D eigenvalue weighted by Crippen LogP contribution is -2.50. The number of hydrogen-bond donors (Lipinski definition) is 0. The fraction of sp³-hybridized carbons (Fsp3) is 0.458. The van der Waals surface area contributed by atoms with Crippen molar-refractivity contribution in [2.45, 2.75) is 44.2 Å². The molecule has 0 unspecified atom stereocenters. The van der Waals surface area contributed by atoms with Crippen LogP contribution in [0.2, 0.25) is 5.02 Å². The average molecular weight is 431 g/mol. The van der Waals surface area contributed by atoms with Gasteiger partial charge in [-0.1, -0.05) is 41.9 Å². The third kappa shape index (κ3) is 5.13. The molecule has 2 aliphatic rings. The molecule has 0 atom stereocenters. The van der Waals surface area contributed by atoms with Crippen LogP contribution in [-0.2, 0) is 11.2 Å². The van der Waals surface area contributed by atoms with Crippen molar-refractivity contribution in [3.05, 3.63) is 64.9 Å². The van der Waals surface area contributed by atoms with Gasteiger partial charge in [0.25, 0.3) is 0 Å². The van der Waals surface area contributed by atoms with Crippen molar-refractivity contribution in [1.82, 2.24) is 9.80 Å². The Labute approximate surface area is 182 Å². The highest BCUT2D eigenvalue weighted by atomic mass is 35.5. The van der Waals surface area contributed by atoms with Crippen molar-refractivity contribution in [3.63, 3.8) is 0 Å². The fourth-order valence-electron chi connectivity index (χ4n) is 4.48. The zero-order chi connectivity index (χ0) is 20.9. The fourth-order valence-corrected chi connectivity index (χ4v) is 4.68. The minimum Gasteiger partial charge on any atom is -0.487 e. The minimum absolute atomic E-state index is 0.0652. The molecule has 2 saturated heterocycles. The summed E-state index contributed by atoms with van der Waals surface area (Å²) in [6.45, 7) is 3.49. The van der Waals surface area contributed by atoms with Crippen LogP contribution in [0.4, 0.5) is 4.39 Å². The molecule has 0 aliphatic carbocycles. The molecule has 2 aliphatic heterocycles. The summed E-state index contributed by atoms with van der Waals surface area (Å²) in [4.78, 5) is 17.1. The van der Waals surface area contributed by atoms with E-state index in [0.29, 0.717) is 23.2 Å². The maximum absolute atomic E-state index is 13.8. The first-order chi connectivity index (χ1) is 14.6. The summed E-state index contributed by atoms with van der Waals surface area (Å²) in [5.41, 5.74) is 0.892. The summed E-state index contributed by atoms with van der Waals surface area (Å²) in [6.07, 6.45) is 4.22. The molecule has 0 saturated carbocycles. The molecule has 4 nitrogen and oxygen atoms in total. The topological polar surface area (TPSA) is 32.8 Å². The van der Waals surface area contributed by atoms with Gasteiger partial charge in [-0.25, -0.2) is 4.39 Å². The van der Waals surface area contributed by atoms with Gasteiger partial charge in [0.05, 0.1) is 6.42 Å². The number of halogens is 2. The summed E-state index contributed by atoms with van der Waals surface area (Å²) in [6, 6.07) is 14.7. The van der Waals surface area contributed by atoms with Gasteiger partial charge in [-0.05, 0) is 49.4 Å². The summed E-state index contributed by atoms with van der Waals surface area (Å²) >= 11 is 6.19. The van der Waals surface area contributed by atoms with Gasteiger partial charge in [0.1, 0.15) is 6.10 Å². The standard InChI is InChI=1S/C24H28ClFN2O2/c25-21-6-2-1-5-18(21)17-24(29)28-13-9-19(10-14-28)27-15-11-20(12-16-27)30-23-8-4-3-7-22(23)26/h1-8,19-20H,9-17H2. The zero-order valence-electron chi connectivity index (χ0n) is 17.1. The number of nitrogens with zero attached hydrogens (tertiary/aromatic N) is 2. The molecule has 0 N–H and O–H groups in total. The molecule has 6 heteroatoms. The summed E-state index contributed by atoms with van der Waals surface area (Å²) in [5, 5.41) is 0.654. The van der Waals surface area contributed by atoms with Crippen LogP contribution in [-0.4, -0.2) is 54.0 Å². The molecule has 0 aromatic heterocycles. The Morgan fingerprint density at radius 3 is 2.33 bits per heavy atom. The summed E-state index contributed by atoms with van der Waals surface area (Å²) in [7, 11) is 0. The number of likely N-dealkylation sites (tertiary alicyclic amines) is 2. The monoisotopic (exact) mass is 430 g/mol. The van der Waals surface area contributed by atoms with Crippen molar-refractivity contribution in [2.75, 3.05) is 26.2 Å². The second-order valence-electron chi connectivity index (χ2n) is 8.16. The van der Waals surface area contributed by atoms with Gasteiger partial charge in [0.15, 0.2) is 11.6 Å². The largest absolute Gasteiger partial charge is 0.487 e. The SMILES string of the molecule is O=C(Cc1ccccc1Cl)N1CCC(N2CCC(Oc3ccccc3F)CC2)CC1. The Kier molecular flexibility index (Phi) is 6.90. The molecule has 30 heavy (non-hydrogen) atoms. The predicted molar refractivity (Wildman–Crippen MR) is 116 cm³/mol. The van der Waals surface area contributed by atoms with Crippen molar-refractivity contribution in [2.24, 2.45) is 0 Å². The first-order valence-electron chi connectivity index (χ1n) is 10.8. The highest BCUT2D eigenvalue weighted by molar-refractivity contribution is 6.31. The summed E-state index contributed by atoms with van der Waals surface area (Å²) < 4.78 is 19.7. The van der Waals surface area contributed by atoms with Gasteiger partial charge < -0.3 is 9.64 Å². The van der Waals surface area contributed by atoms with Crippen LogP contribution in [0.5, 0.6) is 5.75 Å². The molecule has 2 aromatic rings. The van der Waals surface area contributed by atoms with E-state index >= 15 is 0 Å². The molecule has 0 radical (unpaired) electrons. The van der Waals surface area contributed by atoms with E-state index in [1.165, 1.54) is 6.07 Å². The van der Waals surface area contributed by atoms with Crippen LogP contribution in [0.1, 0.15) is 31.2 Å². The molecule has 2 aromatic carbocycles. The van der Waals surface area contributed by atoms with Crippen molar-refractivity contribution < 1.29 is 13.9 Å². The minimum atomic E-state index is -0.297. The Morgan fingerprint density at radius 2 is 1.63 bits per heavy atom. The van der Waals surface area contributed by atoms with E-state index < -0.39 is 0 Å². The number of rotatable bonds is 5. The van der Waals surface area contributed by atoms with Crippen LogP contribution in [0, 0.1) is 5.82 Å². The smallest absolute Gasteiger partial charge is 0.227 e. The van der Waals surface area contributed by atoms with Crippen molar-refractivity contribution in [3.8, 4) is 5.75 Å². The van der Waals surface area contributed by atoms with Crippen LogP contribution in [0.25, 0.3) is 0 Å². The van der Waals surface area contributed by atoms with Crippen LogP contribution in [0.15, 0.2) is 48.5 Å². The molecule has 0 bridgehead atoms. The molecule has 0 spiro atoms. The van der Waals surface area contributed by atoms with E-state index in [1.807, 2.05) is 29.2 Å². The Hall–Kier alpha value is -2.11. The quantitative estimate of drug-likeness (QED) is 0.697. The molecule has 2 heterocycles. The van der Waals surface area contributed by atoms with Crippen LogP contribution >= 0.6 is 11.6 Å². The molecular weight excluding hydrogens is 403 g/mol. The summed E-state index contributed by atoms with van der Waals surface area (Å²) in [5.74, 6) is 0.202. The van der Waals surface area contributed by atoms with Gasteiger partial charge in [0.2, 0.25) is 5.91 Å². The molecule has 1 amide bonds. The Bertz CT molecular complexity index is 862. The maximum Gasteiger partial charge on any atom is 0.227 e. The lowest BCUT2D eigenvalue weighted by atomic mass is 9.98. The molecule has 160 valence electrons. The molecule has 4 rings (SSSR count). The number of ether oxygens (including phenoxy) is 1. The second-order valence-corrected chi connectivity index (χ2v) is 8.57. The lowest BCUT2D eigenvalue weighted by molar-refractivity contribution is -0.132. The number of carbonyl (C=O) groups excluding carboxylic acids is 1. The highest BCUT2D eigenvalue weighted by Gasteiger charge is 2.30. The lowest BCUT2D eigenvalue weighted by Gasteiger charge is -2.41. The first-order valence-corrected chi connectivity index (χ1v) is 11.1. The number of piperidine rings is 2. The van der Waals surface area contributed by atoms with Gasteiger partial charge in [0, 0.05) is 37.2 Å². The predicted octanol–water partition coefficient (Wildman–Crippen LogP) is 4.56. The van der Waals surface area contributed by atoms with E-state index in [-0.39, 0.29) is 17.8 Å². The van der Waals surface area contributed by atoms with Gasteiger partial charge in [-0.2, -0.15) is 0 Å². The first kappa shape index (κ1) is 21.1. The second kappa shape index (κ2) is 9.80. The van der Waals surface area contributed by atoms with Crippen molar-refractivity contribution >= 4 is 17.5 Å². The van der Waals surface area contributed by atoms with Gasteiger partial charge >= 0.3 is 0 Å². The number of amides is 1. The number of para-hydroxylation sites is 1. The van der Waals surface area contributed by atoms with Crippen LogP contribution in [0.3, 0.4) is 0 Å². The van der Waals surface area contributed by atoms with Crippen LogP contribution < -0.4 is 4.74 Å². The van der Waals surface area contributed by atoms with E-state index in [9.17, 15) is 9.18 Å². The maximum atomic E-state index is 13.8. The third-order valence-electron chi connectivity index (χ3n) is 6.24. The van der Waals surface area contributed by atoms with E-state index in [0.717, 1.165) is 57.4 Å². The third-order valence-corrected chi connectivity index (χ3v) is 6.61. The number of benzene rings is 2. The zero-order valence-corrected chi connectivity index (χ0v) is 17.9. The number of hydrogen-bond acceptors (Lipinski definition) is 3. The molecular formula is C24H28ClFN2O2. The average Bonchev–Trinajstić information content (AvgIpc) is 2.77. The Balaban J connectivity index is 1.22. The number of carbonyl (C=O) groups is 1. The van der Waals surface area contributed by atoms with Crippen molar-refractivity contribution in [1.29, 1.82) is 0 Å². The molecule has 2 fully saturated rings. The van der Waals surface area contributed by atoms with Gasteiger partial charge in [-0.15, -0.1) is 0 Å². The highest BCUT2D eigenvalue weighted by Crippen LogP contribution is 2.26. The normalized spacial score (nSPS) is 19.1. The van der Waals surface area contributed by atoms with Gasteiger partial charge in [-0.3, -0.25) is 9.69 Å². The van der Waals surface area contributed by atoms with E-state index in [1.54, 1.807) is 18.2 Å². The van der Waals surface area contributed by atoms with E-state index in [4.69, 9.17) is 16.3 Å². The Morgan fingerprint density at radius 1 is 0.967 bits per heavy atom.